The van der Waals surface area contributed by atoms with Gasteiger partial charge in [0.2, 0.25) is 0 Å². The number of hydrogen-bond acceptors (Lipinski definition) is 3. The van der Waals surface area contributed by atoms with E-state index in [0.717, 1.165) is 38.2 Å². The van der Waals surface area contributed by atoms with E-state index in [9.17, 15) is 9.18 Å². The molecule has 0 bridgehead atoms. The van der Waals surface area contributed by atoms with Crippen LogP contribution in [0.4, 0.5) is 4.39 Å². The van der Waals surface area contributed by atoms with Gasteiger partial charge in [0.05, 0.1) is 11.6 Å². The molecule has 1 aromatic carbocycles. The highest BCUT2D eigenvalue weighted by atomic mass is 19.1. The summed E-state index contributed by atoms with van der Waals surface area (Å²) in [5.41, 5.74) is 6.14. The number of imidazole rings is 1. The molecular formula is C15H19FN4O. The van der Waals surface area contributed by atoms with Crippen molar-refractivity contribution in [3.05, 3.63) is 29.3 Å². The topological polar surface area (TPSA) is 75.0 Å². The number of benzene rings is 1. The number of H-pyrrole nitrogens is 1. The van der Waals surface area contributed by atoms with Crippen LogP contribution >= 0.6 is 0 Å². The molecule has 1 unspecified atom stereocenters. The summed E-state index contributed by atoms with van der Waals surface area (Å²) in [4.78, 5) is 21.5. The van der Waals surface area contributed by atoms with Crippen molar-refractivity contribution in [2.45, 2.75) is 32.2 Å². The first kappa shape index (κ1) is 14.0. The van der Waals surface area contributed by atoms with Crippen molar-refractivity contribution >= 4 is 16.9 Å². The zero-order valence-electron chi connectivity index (χ0n) is 12.0. The van der Waals surface area contributed by atoms with Crippen molar-refractivity contribution in [1.29, 1.82) is 0 Å². The second-order valence-corrected chi connectivity index (χ2v) is 5.50. The molecule has 1 aliphatic rings. The van der Waals surface area contributed by atoms with Crippen LogP contribution in [0.5, 0.6) is 0 Å². The van der Waals surface area contributed by atoms with E-state index in [0.29, 0.717) is 11.0 Å². The van der Waals surface area contributed by atoms with Crippen molar-refractivity contribution < 1.29 is 9.18 Å². The molecule has 21 heavy (non-hydrogen) atoms. The summed E-state index contributed by atoms with van der Waals surface area (Å²) in [6.45, 7) is 4.21. The van der Waals surface area contributed by atoms with E-state index >= 15 is 0 Å². The van der Waals surface area contributed by atoms with Crippen LogP contribution in [0.15, 0.2) is 12.1 Å². The molecule has 112 valence electrons. The van der Waals surface area contributed by atoms with Crippen LogP contribution in [-0.2, 0) is 0 Å². The zero-order chi connectivity index (χ0) is 15.0. The molecule has 0 radical (unpaired) electrons. The Balaban J connectivity index is 2.05. The lowest BCUT2D eigenvalue weighted by molar-refractivity contribution is 0.0998. The Labute approximate surface area is 122 Å². The number of carbonyl (C=O) groups is 1. The second-order valence-electron chi connectivity index (χ2n) is 5.50. The van der Waals surface area contributed by atoms with Crippen LogP contribution in [0, 0.1) is 5.82 Å². The Morgan fingerprint density at radius 2 is 2.38 bits per heavy atom. The summed E-state index contributed by atoms with van der Waals surface area (Å²) in [6, 6.07) is 3.07. The normalized spacial score (nSPS) is 19.4. The van der Waals surface area contributed by atoms with E-state index in [4.69, 9.17) is 5.73 Å². The molecule has 3 N–H and O–H groups in total. The Kier molecular flexibility index (Phi) is 3.63. The number of primary amides is 1. The molecule has 2 aromatic rings. The Hall–Kier alpha value is -1.95. The fraction of sp³-hybridized carbons (Fsp3) is 0.467. The van der Waals surface area contributed by atoms with E-state index in [-0.39, 0.29) is 11.6 Å². The number of carbonyl (C=O) groups excluding carboxylic acids is 1. The number of fused-ring (bicyclic) bond motifs is 1. The molecule has 1 aliphatic heterocycles. The van der Waals surface area contributed by atoms with Gasteiger partial charge in [0.15, 0.2) is 0 Å². The molecule has 1 fully saturated rings. The zero-order valence-corrected chi connectivity index (χ0v) is 12.0. The second kappa shape index (κ2) is 5.44. The van der Waals surface area contributed by atoms with Crippen LogP contribution in [0.2, 0.25) is 0 Å². The molecule has 2 heterocycles. The van der Waals surface area contributed by atoms with Crippen molar-refractivity contribution in [2.24, 2.45) is 5.73 Å². The summed E-state index contributed by atoms with van der Waals surface area (Å²) in [5.74, 6) is -0.609. The lowest BCUT2D eigenvalue weighted by Gasteiger charge is -2.21. The predicted molar refractivity (Wildman–Crippen MR) is 78.4 cm³/mol. The smallest absolute Gasteiger partial charge is 0.253 e. The van der Waals surface area contributed by atoms with Crippen molar-refractivity contribution in [3.63, 3.8) is 0 Å². The summed E-state index contributed by atoms with van der Waals surface area (Å²) >= 11 is 0. The van der Waals surface area contributed by atoms with Gasteiger partial charge in [0.25, 0.3) is 5.91 Å². The fourth-order valence-electron chi connectivity index (χ4n) is 3.15. The van der Waals surface area contributed by atoms with Gasteiger partial charge in [-0.2, -0.15) is 0 Å². The van der Waals surface area contributed by atoms with Gasteiger partial charge < -0.3 is 10.7 Å². The van der Waals surface area contributed by atoms with E-state index in [1.165, 1.54) is 6.07 Å². The quantitative estimate of drug-likeness (QED) is 0.907. The molecule has 6 heteroatoms. The van der Waals surface area contributed by atoms with Gasteiger partial charge in [0, 0.05) is 0 Å². The molecular weight excluding hydrogens is 271 g/mol. The molecule has 0 spiro atoms. The van der Waals surface area contributed by atoms with Gasteiger partial charge in [-0.25, -0.2) is 9.37 Å². The highest BCUT2D eigenvalue weighted by molar-refractivity contribution is 6.04. The van der Waals surface area contributed by atoms with Gasteiger partial charge >= 0.3 is 0 Å². The molecule has 1 saturated heterocycles. The maximum atomic E-state index is 13.8. The van der Waals surface area contributed by atoms with E-state index in [1.807, 2.05) is 0 Å². The van der Waals surface area contributed by atoms with Crippen LogP contribution in [-0.4, -0.2) is 33.9 Å². The lowest BCUT2D eigenvalue weighted by Crippen LogP contribution is -2.24. The largest absolute Gasteiger partial charge is 0.365 e. The molecule has 0 saturated carbocycles. The number of amides is 1. The van der Waals surface area contributed by atoms with Gasteiger partial charge in [-0.1, -0.05) is 6.92 Å². The number of rotatable bonds is 4. The first-order valence-electron chi connectivity index (χ1n) is 7.33. The summed E-state index contributed by atoms with van der Waals surface area (Å²) in [5, 5.41) is 0. The van der Waals surface area contributed by atoms with E-state index in [1.54, 1.807) is 6.07 Å². The Morgan fingerprint density at radius 1 is 1.57 bits per heavy atom. The lowest BCUT2D eigenvalue weighted by atomic mass is 10.1. The van der Waals surface area contributed by atoms with E-state index < -0.39 is 11.7 Å². The fourth-order valence-corrected chi connectivity index (χ4v) is 3.15. The van der Waals surface area contributed by atoms with Crippen LogP contribution in [0.25, 0.3) is 11.0 Å². The average molecular weight is 290 g/mol. The average Bonchev–Trinajstić information content (AvgIpc) is 3.04. The summed E-state index contributed by atoms with van der Waals surface area (Å²) in [7, 11) is 0. The highest BCUT2D eigenvalue weighted by Gasteiger charge is 2.28. The minimum atomic E-state index is -0.784. The first-order chi connectivity index (χ1) is 10.1. The van der Waals surface area contributed by atoms with E-state index in [2.05, 4.69) is 21.8 Å². The third kappa shape index (κ3) is 2.40. The van der Waals surface area contributed by atoms with Crippen LogP contribution < -0.4 is 5.73 Å². The standard InChI is InChI=1S/C15H19FN4O/c1-2-7-20-8-3-4-11(20)15-18-10-6-5-9(16)12(14(17)21)13(10)19-15/h5-6,11H,2-4,7-8H2,1H3,(H2,17,21)(H,18,19). The molecule has 1 amide bonds. The number of aromatic nitrogens is 2. The highest BCUT2D eigenvalue weighted by Crippen LogP contribution is 2.32. The van der Waals surface area contributed by atoms with Crippen LogP contribution in [0.3, 0.4) is 0 Å². The van der Waals surface area contributed by atoms with Crippen molar-refractivity contribution in [3.8, 4) is 0 Å². The number of likely N-dealkylation sites (tertiary alicyclic amines) is 1. The third-order valence-electron chi connectivity index (χ3n) is 4.06. The van der Waals surface area contributed by atoms with Gasteiger partial charge in [-0.3, -0.25) is 9.69 Å². The number of nitrogens with zero attached hydrogens (tertiary/aromatic N) is 2. The Bertz CT molecular complexity index is 682. The number of halogens is 1. The van der Waals surface area contributed by atoms with Gasteiger partial charge in [0.1, 0.15) is 22.7 Å². The van der Waals surface area contributed by atoms with Gasteiger partial charge in [-0.05, 0) is 44.5 Å². The predicted octanol–water partition coefficient (Wildman–Crippen LogP) is 2.35. The van der Waals surface area contributed by atoms with Crippen LogP contribution in [0.1, 0.15) is 48.4 Å². The monoisotopic (exact) mass is 290 g/mol. The maximum Gasteiger partial charge on any atom is 0.253 e. The van der Waals surface area contributed by atoms with Crippen molar-refractivity contribution in [2.75, 3.05) is 13.1 Å². The molecule has 5 nitrogen and oxygen atoms in total. The maximum absolute atomic E-state index is 13.8. The molecule has 1 atom stereocenters. The number of aromatic amines is 1. The SMILES string of the molecule is CCCN1CCCC1c1nc2c(C(N)=O)c(F)ccc2[nH]1. The summed E-state index contributed by atoms with van der Waals surface area (Å²) < 4.78 is 13.8. The molecule has 0 aliphatic carbocycles. The molecule has 1 aromatic heterocycles. The minimum Gasteiger partial charge on any atom is -0.365 e. The number of nitrogens with two attached hydrogens (primary N) is 1. The number of hydrogen-bond donors (Lipinski definition) is 2. The summed E-state index contributed by atoms with van der Waals surface area (Å²) in [6.07, 6.45) is 3.23. The minimum absolute atomic E-state index is 0.130. The van der Waals surface area contributed by atoms with Crippen molar-refractivity contribution in [1.82, 2.24) is 14.9 Å². The third-order valence-corrected chi connectivity index (χ3v) is 4.06. The van der Waals surface area contributed by atoms with Gasteiger partial charge in [-0.15, -0.1) is 0 Å². The molecule has 3 rings (SSSR count). The Morgan fingerprint density at radius 3 is 3.10 bits per heavy atom. The first-order valence-corrected chi connectivity index (χ1v) is 7.33. The number of nitrogens with one attached hydrogen (secondary N) is 1.